The molecule has 2 N–H and O–H groups in total. The summed E-state index contributed by atoms with van der Waals surface area (Å²) >= 11 is 2.99. The number of halogens is 2. The summed E-state index contributed by atoms with van der Waals surface area (Å²) in [6, 6.07) is 2.60. The van der Waals surface area contributed by atoms with Gasteiger partial charge in [0.15, 0.2) is 11.6 Å². The van der Waals surface area contributed by atoms with Gasteiger partial charge in [-0.3, -0.25) is 0 Å². The van der Waals surface area contributed by atoms with Crippen LogP contribution in [0.1, 0.15) is 19.4 Å². The molecule has 1 aromatic rings. The van der Waals surface area contributed by atoms with Gasteiger partial charge in [0, 0.05) is 0 Å². The number of phenols is 1. The first-order valence-corrected chi connectivity index (χ1v) is 4.52. The van der Waals surface area contributed by atoms with E-state index in [-0.39, 0.29) is 4.47 Å². The molecule has 0 heterocycles. The van der Waals surface area contributed by atoms with E-state index in [1.54, 1.807) is 13.8 Å². The van der Waals surface area contributed by atoms with Gasteiger partial charge >= 0.3 is 0 Å². The molecule has 0 unspecified atom stereocenters. The number of hydrogen-bond donors (Lipinski definition) is 2. The van der Waals surface area contributed by atoms with Crippen molar-refractivity contribution in [1.82, 2.24) is 0 Å². The highest BCUT2D eigenvalue weighted by molar-refractivity contribution is 9.10. The molecule has 13 heavy (non-hydrogen) atoms. The fraction of sp³-hybridized carbons (Fsp3) is 0.333. The Morgan fingerprint density at radius 1 is 1.38 bits per heavy atom. The van der Waals surface area contributed by atoms with Crippen molar-refractivity contribution < 1.29 is 14.6 Å². The van der Waals surface area contributed by atoms with E-state index in [2.05, 4.69) is 15.9 Å². The van der Waals surface area contributed by atoms with Crippen LogP contribution in [0.15, 0.2) is 16.6 Å². The first-order chi connectivity index (χ1) is 5.82. The lowest BCUT2D eigenvalue weighted by molar-refractivity contribution is 0.0781. The van der Waals surface area contributed by atoms with Crippen molar-refractivity contribution in [3.63, 3.8) is 0 Å². The molecule has 0 aromatic heterocycles. The van der Waals surface area contributed by atoms with Gasteiger partial charge in [0.25, 0.3) is 0 Å². The number of rotatable bonds is 1. The van der Waals surface area contributed by atoms with Crippen LogP contribution in [0.25, 0.3) is 0 Å². The molecule has 0 radical (unpaired) electrons. The minimum atomic E-state index is -1.11. The maximum absolute atomic E-state index is 13.0. The molecule has 0 spiro atoms. The predicted molar refractivity (Wildman–Crippen MR) is 51.0 cm³/mol. The van der Waals surface area contributed by atoms with E-state index in [0.717, 1.165) is 6.07 Å². The second-order valence-corrected chi connectivity index (χ2v) is 4.20. The Morgan fingerprint density at radius 3 is 2.31 bits per heavy atom. The lowest BCUT2D eigenvalue weighted by Crippen LogP contribution is -2.15. The van der Waals surface area contributed by atoms with Gasteiger partial charge in [-0.2, -0.15) is 0 Å². The molecule has 0 saturated carbocycles. The largest absolute Gasteiger partial charge is 0.504 e. The Morgan fingerprint density at radius 2 is 1.92 bits per heavy atom. The highest BCUT2D eigenvalue weighted by Gasteiger charge is 2.19. The average molecular weight is 249 g/mol. The van der Waals surface area contributed by atoms with E-state index in [1.807, 2.05) is 0 Å². The molecule has 0 fully saturated rings. The standard InChI is InChI=1S/C9H10BrFO2/c1-9(2,13)5-3-6(10)8(12)7(11)4-5/h3-4,12-13H,1-2H3. The summed E-state index contributed by atoms with van der Waals surface area (Å²) in [7, 11) is 0. The minimum absolute atomic E-state index is 0.240. The van der Waals surface area contributed by atoms with Gasteiger partial charge in [-0.05, 0) is 47.5 Å². The van der Waals surface area contributed by atoms with Crippen LogP contribution in [-0.2, 0) is 5.60 Å². The van der Waals surface area contributed by atoms with Crippen LogP contribution in [0.4, 0.5) is 4.39 Å². The summed E-state index contributed by atoms with van der Waals surface area (Å²) in [5.41, 5.74) is -0.702. The highest BCUT2D eigenvalue weighted by Crippen LogP contribution is 2.32. The van der Waals surface area contributed by atoms with Crippen LogP contribution < -0.4 is 0 Å². The topological polar surface area (TPSA) is 40.5 Å². The fourth-order valence-electron chi connectivity index (χ4n) is 0.919. The lowest BCUT2D eigenvalue weighted by Gasteiger charge is -2.18. The minimum Gasteiger partial charge on any atom is -0.504 e. The Labute approximate surface area is 84.1 Å². The Balaban J connectivity index is 3.29. The monoisotopic (exact) mass is 248 g/mol. The van der Waals surface area contributed by atoms with Crippen LogP contribution in [0, 0.1) is 5.82 Å². The van der Waals surface area contributed by atoms with Crippen LogP contribution in [-0.4, -0.2) is 10.2 Å². The van der Waals surface area contributed by atoms with Gasteiger partial charge in [-0.25, -0.2) is 4.39 Å². The van der Waals surface area contributed by atoms with Crippen LogP contribution in [0.3, 0.4) is 0 Å². The Kier molecular flexibility index (Phi) is 2.63. The Hall–Kier alpha value is -0.610. The molecule has 0 bridgehead atoms. The van der Waals surface area contributed by atoms with Gasteiger partial charge in [0.1, 0.15) is 0 Å². The first-order valence-electron chi connectivity index (χ1n) is 3.73. The predicted octanol–water partition coefficient (Wildman–Crippen LogP) is 2.52. The van der Waals surface area contributed by atoms with Crippen molar-refractivity contribution in [2.24, 2.45) is 0 Å². The number of hydrogen-bond acceptors (Lipinski definition) is 2. The fourth-order valence-corrected chi connectivity index (χ4v) is 1.35. The molecule has 2 nitrogen and oxygen atoms in total. The third-order valence-corrected chi connectivity index (χ3v) is 2.33. The van der Waals surface area contributed by atoms with E-state index in [4.69, 9.17) is 5.11 Å². The van der Waals surface area contributed by atoms with Gasteiger partial charge < -0.3 is 10.2 Å². The Bertz CT molecular complexity index is 308. The van der Waals surface area contributed by atoms with E-state index >= 15 is 0 Å². The molecule has 0 aliphatic heterocycles. The SMILES string of the molecule is CC(C)(O)c1cc(F)c(O)c(Br)c1. The van der Waals surface area contributed by atoms with E-state index in [0.29, 0.717) is 5.56 Å². The zero-order valence-corrected chi connectivity index (χ0v) is 8.89. The van der Waals surface area contributed by atoms with Gasteiger partial charge in [0.2, 0.25) is 0 Å². The van der Waals surface area contributed by atoms with Crippen molar-refractivity contribution in [1.29, 1.82) is 0 Å². The summed E-state index contributed by atoms with van der Waals surface area (Å²) in [5, 5.41) is 18.7. The van der Waals surface area contributed by atoms with Crippen LogP contribution in [0.5, 0.6) is 5.75 Å². The van der Waals surface area contributed by atoms with Crippen molar-refractivity contribution in [2.45, 2.75) is 19.4 Å². The molecule has 0 amide bonds. The van der Waals surface area contributed by atoms with Crippen LogP contribution >= 0.6 is 15.9 Å². The quantitative estimate of drug-likeness (QED) is 0.802. The second kappa shape index (κ2) is 3.27. The summed E-state index contributed by atoms with van der Waals surface area (Å²) in [5.74, 6) is -1.18. The molecule has 0 atom stereocenters. The summed E-state index contributed by atoms with van der Waals surface area (Å²) < 4.78 is 13.2. The van der Waals surface area contributed by atoms with Crippen molar-refractivity contribution >= 4 is 15.9 Å². The molecule has 72 valence electrons. The van der Waals surface area contributed by atoms with E-state index < -0.39 is 17.2 Å². The maximum Gasteiger partial charge on any atom is 0.166 e. The normalized spacial score (nSPS) is 11.8. The molecule has 0 aliphatic rings. The van der Waals surface area contributed by atoms with Crippen LogP contribution in [0.2, 0.25) is 0 Å². The average Bonchev–Trinajstić information content (AvgIpc) is 1.97. The summed E-state index contributed by atoms with van der Waals surface area (Å²) in [4.78, 5) is 0. The first kappa shape index (κ1) is 10.5. The summed E-state index contributed by atoms with van der Waals surface area (Å²) in [6.45, 7) is 3.09. The number of benzene rings is 1. The molecular weight excluding hydrogens is 239 g/mol. The second-order valence-electron chi connectivity index (χ2n) is 3.35. The number of phenolic OH excluding ortho intramolecular Hbond substituents is 1. The molecule has 4 heteroatoms. The third-order valence-electron chi connectivity index (χ3n) is 1.72. The molecule has 0 saturated heterocycles. The lowest BCUT2D eigenvalue weighted by atomic mass is 9.98. The van der Waals surface area contributed by atoms with Crippen molar-refractivity contribution in [3.05, 3.63) is 28.0 Å². The highest BCUT2D eigenvalue weighted by atomic mass is 79.9. The maximum atomic E-state index is 13.0. The number of aliphatic hydroxyl groups is 1. The smallest absolute Gasteiger partial charge is 0.166 e. The number of aromatic hydroxyl groups is 1. The molecular formula is C9H10BrFO2. The molecule has 0 aliphatic carbocycles. The zero-order valence-electron chi connectivity index (χ0n) is 7.31. The van der Waals surface area contributed by atoms with Gasteiger partial charge in [-0.15, -0.1) is 0 Å². The third kappa shape index (κ3) is 2.19. The molecule has 1 aromatic carbocycles. The van der Waals surface area contributed by atoms with Gasteiger partial charge in [-0.1, -0.05) is 0 Å². The van der Waals surface area contributed by atoms with Crippen molar-refractivity contribution in [2.75, 3.05) is 0 Å². The van der Waals surface area contributed by atoms with E-state index in [1.165, 1.54) is 6.07 Å². The summed E-state index contributed by atoms with van der Waals surface area (Å²) in [6.07, 6.45) is 0. The molecule has 1 rings (SSSR count). The van der Waals surface area contributed by atoms with Crippen molar-refractivity contribution in [3.8, 4) is 5.75 Å². The zero-order chi connectivity index (χ0) is 10.2. The van der Waals surface area contributed by atoms with Gasteiger partial charge in [0.05, 0.1) is 10.1 Å². The van der Waals surface area contributed by atoms with E-state index in [9.17, 15) is 9.50 Å².